The summed E-state index contributed by atoms with van der Waals surface area (Å²) in [5.74, 6) is 1.52. The molecule has 0 spiro atoms. The van der Waals surface area contributed by atoms with Gasteiger partial charge in [0, 0.05) is 13.6 Å². The Morgan fingerprint density at radius 1 is 1.08 bits per heavy atom. The molecule has 2 aromatic carbocycles. The SMILES string of the molecule is CCOc1ccc(CN(C)C(=O)COc2ccc(OC)cc2C=O)cc1. The summed E-state index contributed by atoms with van der Waals surface area (Å²) in [6.07, 6.45) is 0.673. The summed E-state index contributed by atoms with van der Waals surface area (Å²) < 4.78 is 16.0. The molecule has 0 saturated heterocycles. The zero-order chi connectivity index (χ0) is 18.9. The number of rotatable bonds is 9. The molecular weight excluding hydrogens is 334 g/mol. The number of nitrogens with zero attached hydrogens (tertiary/aromatic N) is 1. The molecule has 0 aliphatic carbocycles. The van der Waals surface area contributed by atoms with E-state index in [1.54, 1.807) is 30.1 Å². The molecule has 0 aliphatic heterocycles. The highest BCUT2D eigenvalue weighted by Crippen LogP contribution is 2.22. The van der Waals surface area contributed by atoms with Crippen LogP contribution in [0.2, 0.25) is 0 Å². The van der Waals surface area contributed by atoms with Crippen LogP contribution in [0.3, 0.4) is 0 Å². The Bertz CT molecular complexity index is 742. The van der Waals surface area contributed by atoms with Crippen molar-refractivity contribution in [2.24, 2.45) is 0 Å². The van der Waals surface area contributed by atoms with E-state index in [4.69, 9.17) is 14.2 Å². The van der Waals surface area contributed by atoms with Crippen LogP contribution in [-0.4, -0.2) is 44.5 Å². The molecule has 0 aliphatic rings. The molecule has 0 unspecified atom stereocenters. The Morgan fingerprint density at radius 3 is 2.38 bits per heavy atom. The topological polar surface area (TPSA) is 65.1 Å². The van der Waals surface area contributed by atoms with Gasteiger partial charge in [0.05, 0.1) is 19.3 Å². The predicted octanol–water partition coefficient (Wildman–Crippen LogP) is 2.94. The number of ether oxygens (including phenoxy) is 3. The van der Waals surface area contributed by atoms with Crippen molar-refractivity contribution in [2.75, 3.05) is 27.4 Å². The third-order valence-electron chi connectivity index (χ3n) is 3.77. The molecule has 0 saturated carbocycles. The van der Waals surface area contributed by atoms with Crippen LogP contribution in [0, 0.1) is 0 Å². The number of carbonyl (C=O) groups excluding carboxylic acids is 2. The zero-order valence-electron chi connectivity index (χ0n) is 15.2. The lowest BCUT2D eigenvalue weighted by atomic mass is 10.2. The second-order valence-corrected chi connectivity index (χ2v) is 5.64. The maximum Gasteiger partial charge on any atom is 0.260 e. The first-order valence-electron chi connectivity index (χ1n) is 8.29. The fourth-order valence-electron chi connectivity index (χ4n) is 2.35. The van der Waals surface area contributed by atoms with E-state index in [2.05, 4.69) is 0 Å². The first-order chi connectivity index (χ1) is 12.6. The molecule has 6 nitrogen and oxygen atoms in total. The fraction of sp³-hybridized carbons (Fsp3) is 0.300. The average molecular weight is 357 g/mol. The molecule has 0 N–H and O–H groups in total. The third kappa shape index (κ3) is 5.24. The quantitative estimate of drug-likeness (QED) is 0.646. The van der Waals surface area contributed by atoms with Gasteiger partial charge in [-0.25, -0.2) is 0 Å². The maximum absolute atomic E-state index is 12.3. The summed E-state index contributed by atoms with van der Waals surface area (Å²) in [6, 6.07) is 12.4. The van der Waals surface area contributed by atoms with Gasteiger partial charge >= 0.3 is 0 Å². The molecule has 0 heterocycles. The van der Waals surface area contributed by atoms with Gasteiger partial charge < -0.3 is 19.1 Å². The first-order valence-corrected chi connectivity index (χ1v) is 8.29. The first kappa shape index (κ1) is 19.3. The van der Waals surface area contributed by atoms with Crippen LogP contribution in [0.5, 0.6) is 17.2 Å². The number of hydrogen-bond donors (Lipinski definition) is 0. The van der Waals surface area contributed by atoms with E-state index in [-0.39, 0.29) is 12.5 Å². The minimum atomic E-state index is -0.188. The van der Waals surface area contributed by atoms with Crippen LogP contribution < -0.4 is 14.2 Å². The van der Waals surface area contributed by atoms with Crippen LogP contribution >= 0.6 is 0 Å². The molecule has 2 aromatic rings. The van der Waals surface area contributed by atoms with Crippen LogP contribution in [0.4, 0.5) is 0 Å². The Hall–Kier alpha value is -3.02. The van der Waals surface area contributed by atoms with Gasteiger partial charge in [0.15, 0.2) is 12.9 Å². The molecule has 0 bridgehead atoms. The Labute approximate surface area is 153 Å². The second-order valence-electron chi connectivity index (χ2n) is 5.64. The van der Waals surface area contributed by atoms with Crippen molar-refractivity contribution in [2.45, 2.75) is 13.5 Å². The molecule has 0 radical (unpaired) electrons. The van der Waals surface area contributed by atoms with Crippen LogP contribution in [0.15, 0.2) is 42.5 Å². The largest absolute Gasteiger partial charge is 0.497 e. The number of methoxy groups -OCH3 is 1. The fourth-order valence-corrected chi connectivity index (χ4v) is 2.35. The lowest BCUT2D eigenvalue weighted by Gasteiger charge is -2.18. The van der Waals surface area contributed by atoms with E-state index in [0.29, 0.717) is 36.5 Å². The summed E-state index contributed by atoms with van der Waals surface area (Å²) in [4.78, 5) is 25.0. The van der Waals surface area contributed by atoms with Crippen LogP contribution in [-0.2, 0) is 11.3 Å². The number of benzene rings is 2. The number of amides is 1. The van der Waals surface area contributed by atoms with Gasteiger partial charge in [-0.15, -0.1) is 0 Å². The standard InChI is InChI=1S/C20H23NO5/c1-4-25-17-7-5-15(6-8-17)12-21(2)20(23)14-26-19-10-9-18(24-3)11-16(19)13-22/h5-11,13H,4,12,14H2,1-3H3. The number of hydrogen-bond acceptors (Lipinski definition) is 5. The highest BCUT2D eigenvalue weighted by molar-refractivity contribution is 5.81. The molecule has 0 fully saturated rings. The third-order valence-corrected chi connectivity index (χ3v) is 3.77. The van der Waals surface area contributed by atoms with Gasteiger partial charge in [-0.05, 0) is 42.8 Å². The highest BCUT2D eigenvalue weighted by Gasteiger charge is 2.12. The van der Waals surface area contributed by atoms with Gasteiger partial charge in [-0.2, -0.15) is 0 Å². The zero-order valence-corrected chi connectivity index (χ0v) is 15.2. The summed E-state index contributed by atoms with van der Waals surface area (Å²) >= 11 is 0. The number of carbonyl (C=O) groups is 2. The second kappa shape index (κ2) is 9.46. The molecule has 6 heteroatoms. The van der Waals surface area contributed by atoms with Crippen molar-refractivity contribution >= 4 is 12.2 Å². The number of aldehydes is 1. The normalized spacial score (nSPS) is 10.1. The van der Waals surface area contributed by atoms with Gasteiger partial charge in [0.25, 0.3) is 5.91 Å². The molecule has 2 rings (SSSR count). The highest BCUT2D eigenvalue weighted by atomic mass is 16.5. The van der Waals surface area contributed by atoms with E-state index >= 15 is 0 Å². The molecule has 0 aromatic heterocycles. The minimum Gasteiger partial charge on any atom is -0.497 e. The molecule has 138 valence electrons. The monoisotopic (exact) mass is 357 g/mol. The van der Waals surface area contributed by atoms with E-state index in [1.807, 2.05) is 31.2 Å². The van der Waals surface area contributed by atoms with Gasteiger partial charge in [-0.1, -0.05) is 12.1 Å². The Kier molecular flexibility index (Phi) is 7.02. The van der Waals surface area contributed by atoms with E-state index < -0.39 is 0 Å². The van der Waals surface area contributed by atoms with E-state index in [1.165, 1.54) is 7.11 Å². The summed E-state index contributed by atoms with van der Waals surface area (Å²) in [7, 11) is 3.22. The summed E-state index contributed by atoms with van der Waals surface area (Å²) in [5, 5.41) is 0. The average Bonchev–Trinajstić information content (AvgIpc) is 2.67. The molecule has 26 heavy (non-hydrogen) atoms. The van der Waals surface area contributed by atoms with Crippen LogP contribution in [0.1, 0.15) is 22.8 Å². The molecule has 1 amide bonds. The van der Waals surface area contributed by atoms with Crippen molar-refractivity contribution in [3.63, 3.8) is 0 Å². The lowest BCUT2D eigenvalue weighted by molar-refractivity contribution is -0.132. The van der Waals surface area contributed by atoms with Gasteiger partial charge in [0.2, 0.25) is 0 Å². The van der Waals surface area contributed by atoms with Crippen LogP contribution in [0.25, 0.3) is 0 Å². The molecular formula is C20H23NO5. The van der Waals surface area contributed by atoms with Crippen molar-refractivity contribution in [3.8, 4) is 17.2 Å². The minimum absolute atomic E-state index is 0.152. The van der Waals surface area contributed by atoms with Gasteiger partial charge in [-0.3, -0.25) is 9.59 Å². The maximum atomic E-state index is 12.3. The Balaban J connectivity index is 1.91. The van der Waals surface area contributed by atoms with Crippen molar-refractivity contribution in [1.29, 1.82) is 0 Å². The molecule has 0 atom stereocenters. The summed E-state index contributed by atoms with van der Waals surface area (Å²) in [6.45, 7) is 2.85. The smallest absolute Gasteiger partial charge is 0.260 e. The van der Waals surface area contributed by atoms with Crippen molar-refractivity contribution < 1.29 is 23.8 Å². The van der Waals surface area contributed by atoms with Crippen molar-refractivity contribution in [1.82, 2.24) is 4.90 Å². The summed E-state index contributed by atoms with van der Waals surface area (Å²) in [5.41, 5.74) is 1.33. The van der Waals surface area contributed by atoms with E-state index in [0.717, 1.165) is 11.3 Å². The van der Waals surface area contributed by atoms with Crippen molar-refractivity contribution in [3.05, 3.63) is 53.6 Å². The van der Waals surface area contributed by atoms with Gasteiger partial charge in [0.1, 0.15) is 17.2 Å². The number of likely N-dealkylation sites (N-methyl/N-ethyl adjacent to an activating group) is 1. The Morgan fingerprint density at radius 2 is 1.77 bits per heavy atom. The van der Waals surface area contributed by atoms with E-state index in [9.17, 15) is 9.59 Å². The lowest BCUT2D eigenvalue weighted by Crippen LogP contribution is -2.31. The predicted molar refractivity (Wildman–Crippen MR) is 98.0 cm³/mol.